The summed E-state index contributed by atoms with van der Waals surface area (Å²) in [6, 6.07) is 0. The van der Waals surface area contributed by atoms with Crippen molar-refractivity contribution in [3.05, 3.63) is 6.20 Å². The van der Waals surface area contributed by atoms with Gasteiger partial charge in [0.1, 0.15) is 5.82 Å². The topological polar surface area (TPSA) is 98.8 Å². The summed E-state index contributed by atoms with van der Waals surface area (Å²) in [4.78, 5) is 22.0. The number of hydrogen-bond donors (Lipinski definition) is 3. The van der Waals surface area contributed by atoms with Crippen molar-refractivity contribution in [1.29, 1.82) is 0 Å². The molecule has 0 spiro atoms. The quantitative estimate of drug-likeness (QED) is 0.651. The van der Waals surface area contributed by atoms with Gasteiger partial charge in [0, 0.05) is 20.1 Å². The van der Waals surface area contributed by atoms with Gasteiger partial charge >= 0.3 is 0 Å². The highest BCUT2D eigenvalue weighted by molar-refractivity contribution is 5.91. The first kappa shape index (κ1) is 10.8. The van der Waals surface area contributed by atoms with E-state index in [0.29, 0.717) is 24.7 Å². The Morgan fingerprint density at radius 3 is 3.11 bits per heavy atom. The SMILES string of the molecule is CNc1nc(N2CCNC(=O)C2)c2cn[nH]c2n1. The third-order valence-corrected chi connectivity index (χ3v) is 2.85. The average molecular weight is 247 g/mol. The summed E-state index contributed by atoms with van der Waals surface area (Å²) >= 11 is 0. The summed E-state index contributed by atoms with van der Waals surface area (Å²) in [6.07, 6.45) is 1.68. The van der Waals surface area contributed by atoms with E-state index in [2.05, 4.69) is 30.8 Å². The van der Waals surface area contributed by atoms with Crippen LogP contribution >= 0.6 is 0 Å². The Kier molecular flexibility index (Phi) is 2.47. The van der Waals surface area contributed by atoms with Crippen LogP contribution in [0.5, 0.6) is 0 Å². The molecule has 18 heavy (non-hydrogen) atoms. The Morgan fingerprint density at radius 2 is 2.33 bits per heavy atom. The summed E-state index contributed by atoms with van der Waals surface area (Å²) in [5.41, 5.74) is 0.662. The lowest BCUT2D eigenvalue weighted by Crippen LogP contribution is -2.48. The molecule has 0 aliphatic carbocycles. The number of carbonyl (C=O) groups is 1. The average Bonchev–Trinajstić information content (AvgIpc) is 2.85. The molecule has 3 N–H and O–H groups in total. The number of anilines is 2. The van der Waals surface area contributed by atoms with Crippen LogP contribution < -0.4 is 15.5 Å². The second kappa shape index (κ2) is 4.13. The zero-order chi connectivity index (χ0) is 12.5. The number of hydrogen-bond acceptors (Lipinski definition) is 6. The van der Waals surface area contributed by atoms with E-state index >= 15 is 0 Å². The van der Waals surface area contributed by atoms with Crippen LogP contribution in [0.1, 0.15) is 0 Å². The molecule has 3 heterocycles. The fourth-order valence-electron chi connectivity index (χ4n) is 1.99. The maximum atomic E-state index is 11.4. The van der Waals surface area contributed by atoms with Crippen molar-refractivity contribution in [2.75, 3.05) is 36.9 Å². The van der Waals surface area contributed by atoms with Gasteiger partial charge in [-0.2, -0.15) is 15.1 Å². The lowest BCUT2D eigenvalue weighted by atomic mass is 10.3. The molecule has 3 rings (SSSR count). The molecule has 1 aliphatic heterocycles. The van der Waals surface area contributed by atoms with E-state index < -0.39 is 0 Å². The Bertz CT molecular complexity index is 593. The van der Waals surface area contributed by atoms with Gasteiger partial charge in [-0.15, -0.1) is 0 Å². The second-order valence-corrected chi connectivity index (χ2v) is 4.02. The van der Waals surface area contributed by atoms with Crippen molar-refractivity contribution in [3.8, 4) is 0 Å². The van der Waals surface area contributed by atoms with Crippen molar-refractivity contribution < 1.29 is 4.79 Å². The first-order valence-electron chi connectivity index (χ1n) is 5.68. The number of aromatic nitrogens is 4. The molecule has 0 atom stereocenters. The van der Waals surface area contributed by atoms with E-state index in [1.165, 1.54) is 0 Å². The van der Waals surface area contributed by atoms with Gasteiger partial charge in [0.15, 0.2) is 5.65 Å². The summed E-state index contributed by atoms with van der Waals surface area (Å²) < 4.78 is 0. The van der Waals surface area contributed by atoms with Gasteiger partial charge < -0.3 is 15.5 Å². The fourth-order valence-corrected chi connectivity index (χ4v) is 1.99. The predicted octanol–water partition coefficient (Wildman–Crippen LogP) is -0.669. The number of piperazine rings is 1. The zero-order valence-corrected chi connectivity index (χ0v) is 9.90. The van der Waals surface area contributed by atoms with Crippen LogP contribution in [0.15, 0.2) is 6.20 Å². The minimum atomic E-state index is 0.00233. The van der Waals surface area contributed by atoms with Crippen LogP contribution in [0.3, 0.4) is 0 Å². The molecule has 8 heteroatoms. The van der Waals surface area contributed by atoms with Crippen LogP contribution in [0.4, 0.5) is 11.8 Å². The van der Waals surface area contributed by atoms with Crippen molar-refractivity contribution in [1.82, 2.24) is 25.5 Å². The molecule has 1 fully saturated rings. The monoisotopic (exact) mass is 247 g/mol. The summed E-state index contributed by atoms with van der Waals surface area (Å²) in [5.74, 6) is 1.24. The van der Waals surface area contributed by atoms with Crippen molar-refractivity contribution >= 4 is 28.7 Å². The van der Waals surface area contributed by atoms with Gasteiger partial charge in [-0.1, -0.05) is 0 Å². The molecule has 1 amide bonds. The third kappa shape index (κ3) is 1.71. The summed E-state index contributed by atoms with van der Waals surface area (Å²) in [7, 11) is 1.75. The van der Waals surface area contributed by atoms with Gasteiger partial charge in [-0.25, -0.2) is 0 Å². The minimum Gasteiger partial charge on any atom is -0.357 e. The first-order chi connectivity index (χ1) is 8.78. The first-order valence-corrected chi connectivity index (χ1v) is 5.68. The summed E-state index contributed by atoms with van der Waals surface area (Å²) in [6.45, 7) is 1.66. The Morgan fingerprint density at radius 1 is 1.44 bits per heavy atom. The highest BCUT2D eigenvalue weighted by Crippen LogP contribution is 2.23. The molecule has 8 nitrogen and oxygen atoms in total. The molecule has 0 unspecified atom stereocenters. The van der Waals surface area contributed by atoms with Crippen LogP contribution in [-0.4, -0.2) is 52.8 Å². The Hall–Kier alpha value is -2.38. The van der Waals surface area contributed by atoms with Gasteiger partial charge in [-0.3, -0.25) is 9.89 Å². The van der Waals surface area contributed by atoms with E-state index in [4.69, 9.17) is 0 Å². The Labute approximate surface area is 103 Å². The smallest absolute Gasteiger partial charge is 0.239 e. The minimum absolute atomic E-state index is 0.00233. The number of carbonyl (C=O) groups excluding carboxylic acids is 1. The van der Waals surface area contributed by atoms with Crippen molar-refractivity contribution in [2.45, 2.75) is 0 Å². The number of H-pyrrole nitrogens is 1. The molecule has 0 bridgehead atoms. The largest absolute Gasteiger partial charge is 0.357 e. The van der Waals surface area contributed by atoms with Crippen molar-refractivity contribution in [2.24, 2.45) is 0 Å². The number of aromatic amines is 1. The predicted molar refractivity (Wildman–Crippen MR) is 66.5 cm³/mol. The lowest BCUT2D eigenvalue weighted by molar-refractivity contribution is -0.120. The van der Waals surface area contributed by atoms with Crippen LogP contribution in [0.25, 0.3) is 11.0 Å². The molecule has 94 valence electrons. The van der Waals surface area contributed by atoms with E-state index in [0.717, 1.165) is 17.7 Å². The fraction of sp³-hybridized carbons (Fsp3) is 0.400. The molecule has 0 saturated carbocycles. The lowest BCUT2D eigenvalue weighted by Gasteiger charge is -2.28. The zero-order valence-electron chi connectivity index (χ0n) is 9.90. The molecule has 0 radical (unpaired) electrons. The number of amides is 1. The van der Waals surface area contributed by atoms with Gasteiger partial charge in [0.2, 0.25) is 11.9 Å². The standard InChI is InChI=1S/C10H13N7O/c1-11-10-14-8-6(4-13-16-8)9(15-10)17-3-2-12-7(18)5-17/h4H,2-3,5H2,1H3,(H,12,18)(H2,11,13,14,15,16). The van der Waals surface area contributed by atoms with E-state index in [-0.39, 0.29) is 5.91 Å². The normalized spacial score (nSPS) is 15.8. The Balaban J connectivity index is 2.08. The van der Waals surface area contributed by atoms with Gasteiger partial charge in [-0.05, 0) is 0 Å². The summed E-state index contributed by atoms with van der Waals surface area (Å²) in [5, 5.41) is 13.3. The molecule has 1 saturated heterocycles. The second-order valence-electron chi connectivity index (χ2n) is 4.02. The molecular formula is C10H13N7O. The van der Waals surface area contributed by atoms with Gasteiger partial charge in [0.05, 0.1) is 18.1 Å². The highest BCUT2D eigenvalue weighted by Gasteiger charge is 2.21. The number of nitrogens with one attached hydrogen (secondary N) is 3. The number of rotatable bonds is 2. The number of fused-ring (bicyclic) bond motifs is 1. The third-order valence-electron chi connectivity index (χ3n) is 2.85. The maximum absolute atomic E-state index is 11.4. The van der Waals surface area contributed by atoms with Crippen LogP contribution in [0.2, 0.25) is 0 Å². The van der Waals surface area contributed by atoms with Gasteiger partial charge in [0.25, 0.3) is 0 Å². The highest BCUT2D eigenvalue weighted by atomic mass is 16.2. The van der Waals surface area contributed by atoms with E-state index in [1.54, 1.807) is 13.2 Å². The molecular weight excluding hydrogens is 234 g/mol. The van der Waals surface area contributed by atoms with Crippen LogP contribution in [-0.2, 0) is 4.79 Å². The van der Waals surface area contributed by atoms with E-state index in [9.17, 15) is 4.79 Å². The molecule has 2 aromatic heterocycles. The molecule has 0 aromatic carbocycles. The van der Waals surface area contributed by atoms with Crippen molar-refractivity contribution in [3.63, 3.8) is 0 Å². The van der Waals surface area contributed by atoms with E-state index in [1.807, 2.05) is 4.90 Å². The maximum Gasteiger partial charge on any atom is 0.239 e. The van der Waals surface area contributed by atoms with Crippen LogP contribution in [0, 0.1) is 0 Å². The number of nitrogens with zero attached hydrogens (tertiary/aromatic N) is 4. The molecule has 1 aliphatic rings. The molecule has 2 aromatic rings.